The number of methoxy groups -OCH3 is 1. The van der Waals surface area contributed by atoms with Crippen molar-refractivity contribution in [1.82, 2.24) is 10.2 Å². The Morgan fingerprint density at radius 3 is 2.50 bits per heavy atom. The number of nitrogens with zero attached hydrogens (tertiary/aromatic N) is 3. The molecule has 2 N–H and O–H groups in total. The van der Waals surface area contributed by atoms with E-state index in [9.17, 15) is 25.0 Å². The minimum absolute atomic E-state index is 0.0988. The van der Waals surface area contributed by atoms with Crippen molar-refractivity contribution in [1.29, 1.82) is 0 Å². The number of hydrogen-bond donors (Lipinski definition) is 2. The number of ether oxygens (including phenoxy) is 1. The van der Waals surface area contributed by atoms with Crippen LogP contribution in [0.25, 0.3) is 0 Å². The number of nitro benzene ring substituents is 1. The number of H-pyrrole nitrogens is 1. The van der Waals surface area contributed by atoms with E-state index in [0.29, 0.717) is 0 Å². The van der Waals surface area contributed by atoms with E-state index in [1.807, 2.05) is 0 Å². The fourth-order valence-electron chi connectivity index (χ4n) is 1.60. The van der Waals surface area contributed by atoms with Crippen LogP contribution >= 0.6 is 0 Å². The van der Waals surface area contributed by atoms with Crippen LogP contribution < -0.4 is 10.1 Å². The number of carbonyl (C=O) groups excluding carboxylic acids is 1. The number of anilines is 1. The summed E-state index contributed by atoms with van der Waals surface area (Å²) in [4.78, 5) is 31.8. The number of aromatic amines is 1. The van der Waals surface area contributed by atoms with Gasteiger partial charge in [-0.15, -0.1) is 5.10 Å². The third-order valence-electron chi connectivity index (χ3n) is 2.59. The van der Waals surface area contributed by atoms with Crippen molar-refractivity contribution in [3.05, 3.63) is 50.2 Å². The maximum Gasteiger partial charge on any atom is 0.343 e. The first-order valence-corrected chi connectivity index (χ1v) is 5.75. The summed E-state index contributed by atoms with van der Waals surface area (Å²) in [7, 11) is 1.32. The quantitative estimate of drug-likeness (QED) is 0.626. The number of carbonyl (C=O) groups is 1. The summed E-state index contributed by atoms with van der Waals surface area (Å²) < 4.78 is 4.90. The van der Waals surface area contributed by atoms with Crippen LogP contribution in [-0.4, -0.2) is 33.1 Å². The van der Waals surface area contributed by atoms with Crippen LogP contribution in [0.5, 0.6) is 5.75 Å². The van der Waals surface area contributed by atoms with Gasteiger partial charge in [0.15, 0.2) is 5.69 Å². The molecular formula is C11H9N5O6. The molecule has 0 saturated carbocycles. The van der Waals surface area contributed by atoms with Crippen LogP contribution in [0.2, 0.25) is 0 Å². The Labute approximate surface area is 122 Å². The molecule has 2 rings (SSSR count). The highest BCUT2D eigenvalue weighted by molar-refractivity contribution is 6.03. The van der Waals surface area contributed by atoms with Crippen molar-refractivity contribution in [2.45, 2.75) is 0 Å². The average Bonchev–Trinajstić information content (AvgIpc) is 2.96. The molecule has 11 heteroatoms. The summed E-state index contributed by atoms with van der Waals surface area (Å²) in [6.45, 7) is 0. The number of benzene rings is 1. The average molecular weight is 307 g/mol. The van der Waals surface area contributed by atoms with E-state index in [1.54, 1.807) is 0 Å². The number of aromatic nitrogens is 2. The topological polar surface area (TPSA) is 153 Å². The molecule has 0 aliphatic carbocycles. The number of rotatable bonds is 5. The molecule has 1 aromatic carbocycles. The highest BCUT2D eigenvalue weighted by Gasteiger charge is 2.18. The van der Waals surface area contributed by atoms with Gasteiger partial charge in [-0.05, 0) is 4.92 Å². The third kappa shape index (κ3) is 3.15. The molecule has 114 valence electrons. The van der Waals surface area contributed by atoms with Gasteiger partial charge in [0.2, 0.25) is 0 Å². The van der Waals surface area contributed by atoms with Crippen molar-refractivity contribution >= 4 is 23.1 Å². The summed E-state index contributed by atoms with van der Waals surface area (Å²) in [5, 5.41) is 29.2. The predicted molar refractivity (Wildman–Crippen MR) is 72.8 cm³/mol. The monoisotopic (exact) mass is 307 g/mol. The largest absolute Gasteiger partial charge is 0.496 e. The van der Waals surface area contributed by atoms with Gasteiger partial charge >= 0.3 is 5.82 Å². The SMILES string of the molecule is COc1cc(NC(=O)c2cc([N+](=O)[O-])[nH]n2)cc([N+](=O)[O-])c1. The molecule has 0 atom stereocenters. The first kappa shape index (κ1) is 14.9. The van der Waals surface area contributed by atoms with Crippen LogP contribution in [0.15, 0.2) is 24.3 Å². The van der Waals surface area contributed by atoms with Gasteiger partial charge in [0.25, 0.3) is 11.6 Å². The van der Waals surface area contributed by atoms with Gasteiger partial charge in [0.05, 0.1) is 29.9 Å². The summed E-state index contributed by atoms with van der Waals surface area (Å²) >= 11 is 0. The van der Waals surface area contributed by atoms with E-state index < -0.39 is 21.6 Å². The molecule has 0 aliphatic rings. The van der Waals surface area contributed by atoms with Crippen molar-refractivity contribution in [3.63, 3.8) is 0 Å². The summed E-state index contributed by atoms with van der Waals surface area (Å²) in [5.41, 5.74) is -0.401. The van der Waals surface area contributed by atoms with Crippen LogP contribution in [0.1, 0.15) is 10.5 Å². The number of non-ortho nitro benzene ring substituents is 1. The van der Waals surface area contributed by atoms with Gasteiger partial charge in [-0.1, -0.05) is 5.10 Å². The van der Waals surface area contributed by atoms with Crippen LogP contribution in [-0.2, 0) is 0 Å². The Bertz CT molecular complexity index is 755. The lowest BCUT2D eigenvalue weighted by Crippen LogP contribution is -2.12. The Morgan fingerprint density at radius 2 is 1.95 bits per heavy atom. The number of nitrogens with one attached hydrogen (secondary N) is 2. The zero-order valence-corrected chi connectivity index (χ0v) is 11.1. The maximum absolute atomic E-state index is 11.9. The predicted octanol–water partition coefficient (Wildman–Crippen LogP) is 1.49. The lowest BCUT2D eigenvalue weighted by Gasteiger charge is -2.05. The van der Waals surface area contributed by atoms with E-state index in [2.05, 4.69) is 15.5 Å². The van der Waals surface area contributed by atoms with Gasteiger partial charge in [0, 0.05) is 12.1 Å². The number of hydrogen-bond acceptors (Lipinski definition) is 7. The zero-order valence-electron chi connectivity index (χ0n) is 11.1. The van der Waals surface area contributed by atoms with Crippen LogP contribution in [0.4, 0.5) is 17.2 Å². The third-order valence-corrected chi connectivity index (χ3v) is 2.59. The molecule has 0 saturated heterocycles. The summed E-state index contributed by atoms with van der Waals surface area (Å²) in [6.07, 6.45) is 0. The molecule has 2 aromatic rings. The molecule has 0 spiro atoms. The van der Waals surface area contributed by atoms with Crippen LogP contribution in [0, 0.1) is 20.2 Å². The van der Waals surface area contributed by atoms with Gasteiger partial charge in [-0.2, -0.15) is 0 Å². The molecule has 11 nitrogen and oxygen atoms in total. The number of nitro groups is 2. The second-order valence-electron chi connectivity index (χ2n) is 4.03. The van der Waals surface area contributed by atoms with E-state index in [-0.39, 0.29) is 22.8 Å². The lowest BCUT2D eigenvalue weighted by atomic mass is 10.2. The Balaban J connectivity index is 2.25. The molecule has 0 fully saturated rings. The smallest absolute Gasteiger partial charge is 0.343 e. The van der Waals surface area contributed by atoms with E-state index in [1.165, 1.54) is 19.2 Å². The number of amides is 1. The minimum Gasteiger partial charge on any atom is -0.496 e. The highest BCUT2D eigenvalue weighted by atomic mass is 16.6. The molecule has 0 unspecified atom stereocenters. The molecule has 1 amide bonds. The Kier molecular flexibility index (Phi) is 3.97. The fraction of sp³-hybridized carbons (Fsp3) is 0.0909. The molecule has 1 aromatic heterocycles. The summed E-state index contributed by atoms with van der Waals surface area (Å²) in [6, 6.07) is 4.63. The van der Waals surface area contributed by atoms with E-state index in [0.717, 1.165) is 12.1 Å². The second-order valence-corrected chi connectivity index (χ2v) is 4.03. The molecule has 0 aliphatic heterocycles. The first-order valence-electron chi connectivity index (χ1n) is 5.75. The van der Waals surface area contributed by atoms with E-state index >= 15 is 0 Å². The van der Waals surface area contributed by atoms with E-state index in [4.69, 9.17) is 4.74 Å². The van der Waals surface area contributed by atoms with Crippen molar-refractivity contribution in [2.75, 3.05) is 12.4 Å². The maximum atomic E-state index is 11.9. The standard InChI is InChI=1S/C11H9N5O6/c1-22-8-3-6(2-7(4-8)15(18)19)12-11(17)9-5-10(14-13-9)16(20)21/h2-5H,1H3,(H,12,17)(H,13,14). The van der Waals surface area contributed by atoms with Crippen molar-refractivity contribution < 1.29 is 19.4 Å². The first-order chi connectivity index (χ1) is 10.4. The lowest BCUT2D eigenvalue weighted by molar-refractivity contribution is -0.389. The molecule has 1 heterocycles. The fourth-order valence-corrected chi connectivity index (χ4v) is 1.60. The van der Waals surface area contributed by atoms with Gasteiger partial charge in [-0.3, -0.25) is 14.9 Å². The molecule has 0 radical (unpaired) electrons. The minimum atomic E-state index is -0.757. The molecule has 22 heavy (non-hydrogen) atoms. The van der Waals surface area contributed by atoms with Gasteiger partial charge in [0.1, 0.15) is 5.75 Å². The normalized spacial score (nSPS) is 10.0. The highest BCUT2D eigenvalue weighted by Crippen LogP contribution is 2.26. The second kappa shape index (κ2) is 5.87. The van der Waals surface area contributed by atoms with Gasteiger partial charge in [-0.25, -0.2) is 0 Å². The molecular weight excluding hydrogens is 298 g/mol. The summed E-state index contributed by atoms with van der Waals surface area (Å²) in [5.74, 6) is -1.02. The Morgan fingerprint density at radius 1 is 1.23 bits per heavy atom. The molecule has 0 bridgehead atoms. The van der Waals surface area contributed by atoms with Crippen molar-refractivity contribution in [2.24, 2.45) is 0 Å². The Hall–Kier alpha value is -3.50. The van der Waals surface area contributed by atoms with Crippen LogP contribution in [0.3, 0.4) is 0 Å². The van der Waals surface area contributed by atoms with Gasteiger partial charge < -0.3 is 20.2 Å². The zero-order chi connectivity index (χ0) is 16.3. The van der Waals surface area contributed by atoms with Crippen molar-refractivity contribution in [3.8, 4) is 5.75 Å².